The summed E-state index contributed by atoms with van der Waals surface area (Å²) >= 11 is 5.23. The van der Waals surface area contributed by atoms with Crippen molar-refractivity contribution in [1.82, 2.24) is 10.7 Å². The van der Waals surface area contributed by atoms with Crippen LogP contribution in [0.15, 0.2) is 53.6 Å². The van der Waals surface area contributed by atoms with Crippen LogP contribution >= 0.6 is 12.2 Å². The summed E-state index contributed by atoms with van der Waals surface area (Å²) < 4.78 is 16.9. The van der Waals surface area contributed by atoms with Gasteiger partial charge in [-0.3, -0.25) is 5.43 Å². The van der Waals surface area contributed by atoms with E-state index in [1.807, 2.05) is 48.5 Å². The molecule has 0 saturated carbocycles. The fourth-order valence-electron chi connectivity index (χ4n) is 2.84. The zero-order valence-electron chi connectivity index (χ0n) is 15.9. The Labute approximate surface area is 170 Å². The van der Waals surface area contributed by atoms with Gasteiger partial charge >= 0.3 is 0 Å². The Bertz CT molecular complexity index is 793. The maximum absolute atomic E-state index is 5.92. The molecule has 6 nitrogen and oxygen atoms in total. The highest BCUT2D eigenvalue weighted by molar-refractivity contribution is 7.80. The molecule has 1 atom stereocenters. The molecule has 0 spiro atoms. The van der Waals surface area contributed by atoms with Crippen LogP contribution in [0.1, 0.15) is 24.0 Å². The van der Waals surface area contributed by atoms with Crippen molar-refractivity contribution in [2.24, 2.45) is 5.10 Å². The second kappa shape index (κ2) is 10.6. The van der Waals surface area contributed by atoms with E-state index in [0.717, 1.165) is 30.6 Å². The Hall–Kier alpha value is -2.64. The molecule has 0 radical (unpaired) electrons. The lowest BCUT2D eigenvalue weighted by molar-refractivity contribution is 0.114. The summed E-state index contributed by atoms with van der Waals surface area (Å²) in [5.74, 6) is 1.34. The van der Waals surface area contributed by atoms with Crippen LogP contribution in [0.4, 0.5) is 0 Å². The molecule has 2 N–H and O–H groups in total. The SMILES string of the molecule is COc1ccc(/C=N\NC(=S)NC[C@H]2CCCO2)cc1OCc1ccccc1. The van der Waals surface area contributed by atoms with Crippen LogP contribution in [0.2, 0.25) is 0 Å². The van der Waals surface area contributed by atoms with Gasteiger partial charge in [-0.15, -0.1) is 0 Å². The van der Waals surface area contributed by atoms with Gasteiger partial charge in [0.05, 0.1) is 19.4 Å². The number of hydrazone groups is 1. The van der Waals surface area contributed by atoms with Gasteiger partial charge in [0.15, 0.2) is 16.6 Å². The third-order valence-electron chi connectivity index (χ3n) is 4.32. The minimum atomic E-state index is 0.231. The second-order valence-corrected chi connectivity index (χ2v) is 6.81. The maximum Gasteiger partial charge on any atom is 0.187 e. The van der Waals surface area contributed by atoms with Crippen LogP contribution in [-0.4, -0.2) is 37.7 Å². The van der Waals surface area contributed by atoms with E-state index in [0.29, 0.717) is 29.8 Å². The Morgan fingerprint density at radius 1 is 1.25 bits per heavy atom. The minimum Gasteiger partial charge on any atom is -0.493 e. The van der Waals surface area contributed by atoms with Crippen LogP contribution in [0.5, 0.6) is 11.5 Å². The standard InChI is InChI=1S/C21H25N3O3S/c1-25-19-10-9-17(12-20(19)27-15-16-6-3-2-4-7-16)13-23-24-21(28)22-14-18-8-5-11-26-18/h2-4,6-7,9-10,12-13,18H,5,8,11,14-15H2,1H3,(H2,22,24,28)/b23-13-/t18-/m1/s1. The molecule has 0 amide bonds. The number of methoxy groups -OCH3 is 1. The number of nitrogens with one attached hydrogen (secondary N) is 2. The van der Waals surface area contributed by atoms with Gasteiger partial charge < -0.3 is 19.5 Å². The lowest BCUT2D eigenvalue weighted by Crippen LogP contribution is -2.37. The second-order valence-electron chi connectivity index (χ2n) is 6.40. The maximum atomic E-state index is 5.92. The number of hydrogen-bond acceptors (Lipinski definition) is 5. The first kappa shape index (κ1) is 20.1. The van der Waals surface area contributed by atoms with Crippen molar-refractivity contribution < 1.29 is 14.2 Å². The van der Waals surface area contributed by atoms with Crippen molar-refractivity contribution in [2.75, 3.05) is 20.3 Å². The molecular weight excluding hydrogens is 374 g/mol. The molecule has 1 aliphatic rings. The van der Waals surface area contributed by atoms with E-state index in [9.17, 15) is 0 Å². The molecule has 28 heavy (non-hydrogen) atoms. The summed E-state index contributed by atoms with van der Waals surface area (Å²) in [6.45, 7) is 1.99. The molecule has 1 fully saturated rings. The van der Waals surface area contributed by atoms with E-state index >= 15 is 0 Å². The first-order valence-corrected chi connectivity index (χ1v) is 9.68. The topological polar surface area (TPSA) is 64.1 Å². The molecule has 1 heterocycles. The first-order chi connectivity index (χ1) is 13.7. The van der Waals surface area contributed by atoms with Crippen molar-refractivity contribution in [3.8, 4) is 11.5 Å². The van der Waals surface area contributed by atoms with Gasteiger partial charge in [0.1, 0.15) is 6.61 Å². The van der Waals surface area contributed by atoms with Crippen LogP contribution in [0.25, 0.3) is 0 Å². The van der Waals surface area contributed by atoms with Crippen molar-refractivity contribution in [2.45, 2.75) is 25.6 Å². The molecule has 148 valence electrons. The number of ether oxygens (including phenoxy) is 3. The minimum absolute atomic E-state index is 0.231. The first-order valence-electron chi connectivity index (χ1n) is 9.28. The monoisotopic (exact) mass is 399 g/mol. The average molecular weight is 400 g/mol. The van der Waals surface area contributed by atoms with E-state index in [2.05, 4.69) is 15.8 Å². The fraction of sp³-hybridized carbons (Fsp3) is 0.333. The Morgan fingerprint density at radius 2 is 2.11 bits per heavy atom. The summed E-state index contributed by atoms with van der Waals surface area (Å²) in [7, 11) is 1.62. The Morgan fingerprint density at radius 3 is 2.86 bits per heavy atom. The number of hydrogen-bond donors (Lipinski definition) is 2. The fourth-order valence-corrected chi connectivity index (χ4v) is 2.97. The third-order valence-corrected chi connectivity index (χ3v) is 4.55. The summed E-state index contributed by atoms with van der Waals surface area (Å²) in [5.41, 5.74) is 4.79. The van der Waals surface area contributed by atoms with Crippen molar-refractivity contribution in [3.05, 3.63) is 59.7 Å². The van der Waals surface area contributed by atoms with Crippen molar-refractivity contribution in [1.29, 1.82) is 0 Å². The van der Waals surface area contributed by atoms with E-state index in [1.54, 1.807) is 13.3 Å². The van der Waals surface area contributed by atoms with Crippen molar-refractivity contribution >= 4 is 23.5 Å². The summed E-state index contributed by atoms with van der Waals surface area (Å²) in [5, 5.41) is 7.77. The lowest BCUT2D eigenvalue weighted by Gasteiger charge is -2.12. The highest BCUT2D eigenvalue weighted by Gasteiger charge is 2.15. The summed E-state index contributed by atoms with van der Waals surface area (Å²) in [6, 6.07) is 15.6. The molecule has 0 aromatic heterocycles. The molecule has 0 unspecified atom stereocenters. The van der Waals surface area contributed by atoms with Crippen molar-refractivity contribution in [3.63, 3.8) is 0 Å². The Balaban J connectivity index is 1.52. The predicted octanol–water partition coefficient (Wildman–Crippen LogP) is 3.25. The zero-order valence-corrected chi connectivity index (χ0v) is 16.7. The van der Waals surface area contributed by atoms with Crippen LogP contribution < -0.4 is 20.2 Å². The highest BCUT2D eigenvalue weighted by Crippen LogP contribution is 2.28. The third kappa shape index (κ3) is 6.21. The molecule has 0 bridgehead atoms. The van der Waals surface area contributed by atoms with Gasteiger partial charge in [0, 0.05) is 13.2 Å². The highest BCUT2D eigenvalue weighted by atomic mass is 32.1. The van der Waals surface area contributed by atoms with Gasteiger partial charge in [-0.1, -0.05) is 30.3 Å². The largest absolute Gasteiger partial charge is 0.493 e. The average Bonchev–Trinajstić information content (AvgIpc) is 3.25. The molecular formula is C21H25N3O3S. The van der Waals surface area contributed by atoms with Gasteiger partial charge in [-0.2, -0.15) is 5.10 Å². The Kier molecular flexibility index (Phi) is 7.63. The number of rotatable bonds is 8. The molecule has 2 aromatic rings. The van der Waals surface area contributed by atoms with Crippen LogP contribution in [-0.2, 0) is 11.3 Å². The predicted molar refractivity (Wildman–Crippen MR) is 114 cm³/mol. The molecule has 1 saturated heterocycles. The van der Waals surface area contributed by atoms with Gasteiger partial charge in [0.25, 0.3) is 0 Å². The van der Waals surface area contributed by atoms with E-state index in [1.165, 1.54) is 0 Å². The van der Waals surface area contributed by atoms with Crippen LogP contribution in [0.3, 0.4) is 0 Å². The quantitative estimate of drug-likeness (QED) is 0.404. The van der Waals surface area contributed by atoms with Gasteiger partial charge in [0.2, 0.25) is 0 Å². The van der Waals surface area contributed by atoms with Gasteiger partial charge in [-0.25, -0.2) is 0 Å². The van der Waals surface area contributed by atoms with Crippen LogP contribution in [0, 0.1) is 0 Å². The molecule has 1 aliphatic heterocycles. The smallest absolute Gasteiger partial charge is 0.187 e. The molecule has 2 aromatic carbocycles. The summed E-state index contributed by atoms with van der Waals surface area (Å²) in [4.78, 5) is 0. The van der Waals surface area contributed by atoms with E-state index < -0.39 is 0 Å². The molecule has 0 aliphatic carbocycles. The number of benzene rings is 2. The lowest BCUT2D eigenvalue weighted by atomic mass is 10.2. The van der Waals surface area contributed by atoms with Gasteiger partial charge in [-0.05, 0) is 54.4 Å². The zero-order chi connectivity index (χ0) is 19.6. The number of thiocarbonyl (C=S) groups is 1. The normalized spacial score (nSPS) is 16.1. The van der Waals surface area contributed by atoms with E-state index in [4.69, 9.17) is 26.4 Å². The van der Waals surface area contributed by atoms with E-state index in [-0.39, 0.29) is 6.10 Å². The molecule has 7 heteroatoms. The molecule has 3 rings (SSSR count). The summed E-state index contributed by atoms with van der Waals surface area (Å²) in [6.07, 6.45) is 4.09. The number of nitrogens with zero attached hydrogens (tertiary/aromatic N) is 1.